The number of carboxylic acid groups (broad SMARTS) is 1. The van der Waals surface area contributed by atoms with Gasteiger partial charge in [0.25, 0.3) is 0 Å². The Labute approximate surface area is 113 Å². The second-order valence-corrected chi connectivity index (χ2v) is 4.32. The lowest BCUT2D eigenvalue weighted by Crippen LogP contribution is -2.16. The van der Waals surface area contributed by atoms with Crippen LogP contribution in [-0.4, -0.2) is 21.0 Å². The Balaban J connectivity index is 2.31. The predicted octanol–water partition coefficient (Wildman–Crippen LogP) is 2.29. The summed E-state index contributed by atoms with van der Waals surface area (Å²) in [5, 5.41) is 10.9. The van der Waals surface area contributed by atoms with E-state index in [1.165, 1.54) is 6.07 Å². The molecule has 5 heteroatoms. The number of rotatable bonds is 2. The molecule has 0 aliphatic rings. The molecule has 1 heterocycles. The Bertz CT molecular complexity index is 863. The average Bonchev–Trinajstić information content (AvgIpc) is 2.46. The van der Waals surface area contributed by atoms with Gasteiger partial charge in [-0.1, -0.05) is 42.5 Å². The Morgan fingerprint density at radius 2 is 1.85 bits per heavy atom. The number of aromatic nitrogens is 2. The van der Waals surface area contributed by atoms with E-state index >= 15 is 0 Å². The first-order valence-corrected chi connectivity index (χ1v) is 5.98. The summed E-state index contributed by atoms with van der Waals surface area (Å²) in [6, 6.07) is 14.6. The smallest absolute Gasteiger partial charge is 0.352 e. The summed E-state index contributed by atoms with van der Waals surface area (Å²) in [5.41, 5.74) is 0.236. The molecule has 2 aromatic carbocycles. The van der Waals surface area contributed by atoms with Crippen LogP contribution in [-0.2, 0) is 0 Å². The molecule has 20 heavy (non-hydrogen) atoms. The lowest BCUT2D eigenvalue weighted by molar-refractivity contribution is 0.0690. The van der Waals surface area contributed by atoms with Crippen LogP contribution in [0, 0.1) is 0 Å². The largest absolute Gasteiger partial charge is 0.477 e. The van der Waals surface area contributed by atoms with Crippen LogP contribution in [0.2, 0.25) is 0 Å². The molecular formula is C15H10N2O3. The third-order valence-electron chi connectivity index (χ3n) is 3.04. The Kier molecular flexibility index (Phi) is 2.80. The van der Waals surface area contributed by atoms with Crippen LogP contribution < -0.4 is 5.69 Å². The van der Waals surface area contributed by atoms with Crippen LogP contribution in [0.15, 0.2) is 53.3 Å². The lowest BCUT2D eigenvalue weighted by atomic mass is 10.0. The number of benzene rings is 2. The highest BCUT2D eigenvalue weighted by Crippen LogP contribution is 2.26. The molecule has 0 bridgehead atoms. The zero-order valence-electron chi connectivity index (χ0n) is 10.3. The summed E-state index contributed by atoms with van der Waals surface area (Å²) in [6.07, 6.45) is 0. The molecule has 0 unspecified atom stereocenters. The van der Waals surface area contributed by atoms with Crippen molar-refractivity contribution < 1.29 is 9.90 Å². The van der Waals surface area contributed by atoms with Crippen molar-refractivity contribution in [3.8, 4) is 11.3 Å². The van der Waals surface area contributed by atoms with Crippen molar-refractivity contribution in [3.63, 3.8) is 0 Å². The summed E-state index contributed by atoms with van der Waals surface area (Å²) < 4.78 is 0. The quantitative estimate of drug-likeness (QED) is 0.745. The first-order chi connectivity index (χ1) is 9.65. The van der Waals surface area contributed by atoms with Gasteiger partial charge >= 0.3 is 11.7 Å². The van der Waals surface area contributed by atoms with Crippen LogP contribution in [0.5, 0.6) is 0 Å². The van der Waals surface area contributed by atoms with Gasteiger partial charge in [0.1, 0.15) is 5.69 Å². The van der Waals surface area contributed by atoms with Gasteiger partial charge in [-0.05, 0) is 16.8 Å². The van der Waals surface area contributed by atoms with Gasteiger partial charge in [0.05, 0.1) is 5.69 Å². The third kappa shape index (κ3) is 2.05. The number of fused-ring (bicyclic) bond motifs is 1. The molecule has 0 saturated heterocycles. The number of aromatic amines is 1. The minimum atomic E-state index is -1.19. The average molecular weight is 266 g/mol. The SMILES string of the molecule is O=C(O)c1cc(-c2cccc3ccccc23)nc(=O)[nH]1. The molecule has 2 N–H and O–H groups in total. The summed E-state index contributed by atoms with van der Waals surface area (Å²) in [4.78, 5) is 28.6. The molecule has 0 aliphatic heterocycles. The van der Waals surface area contributed by atoms with E-state index in [-0.39, 0.29) is 5.69 Å². The minimum Gasteiger partial charge on any atom is -0.477 e. The standard InChI is InChI=1S/C15H10N2O3/c18-14(19)13-8-12(16-15(20)17-13)11-7-3-5-9-4-1-2-6-10(9)11/h1-8H,(H,18,19)(H,16,17,20). The maximum atomic E-state index is 11.5. The van der Waals surface area contributed by atoms with Gasteiger partial charge in [0.2, 0.25) is 0 Å². The van der Waals surface area contributed by atoms with Gasteiger partial charge in [-0.3, -0.25) is 4.98 Å². The van der Waals surface area contributed by atoms with Crippen molar-refractivity contribution in [2.45, 2.75) is 0 Å². The fourth-order valence-corrected chi connectivity index (χ4v) is 2.16. The van der Waals surface area contributed by atoms with E-state index in [0.717, 1.165) is 16.3 Å². The van der Waals surface area contributed by atoms with E-state index in [1.54, 1.807) is 0 Å². The normalized spacial score (nSPS) is 10.6. The second kappa shape index (κ2) is 4.62. The molecule has 3 aromatic rings. The summed E-state index contributed by atoms with van der Waals surface area (Å²) >= 11 is 0. The van der Waals surface area contributed by atoms with E-state index in [9.17, 15) is 9.59 Å². The molecule has 0 fully saturated rings. The molecule has 0 spiro atoms. The highest BCUT2D eigenvalue weighted by atomic mass is 16.4. The Morgan fingerprint density at radius 1 is 1.10 bits per heavy atom. The molecular weight excluding hydrogens is 256 g/mol. The topological polar surface area (TPSA) is 83.0 Å². The van der Waals surface area contributed by atoms with Crippen LogP contribution in [0.4, 0.5) is 0 Å². The monoisotopic (exact) mass is 266 g/mol. The summed E-state index contributed by atoms with van der Waals surface area (Å²) in [5.74, 6) is -1.19. The number of carbonyl (C=O) groups is 1. The second-order valence-electron chi connectivity index (χ2n) is 4.32. The van der Waals surface area contributed by atoms with Crippen molar-refractivity contribution in [2.24, 2.45) is 0 Å². The fraction of sp³-hybridized carbons (Fsp3) is 0. The minimum absolute atomic E-state index is 0.173. The van der Waals surface area contributed by atoms with Gasteiger partial charge in [0.15, 0.2) is 0 Å². The number of hydrogen-bond donors (Lipinski definition) is 2. The number of carboxylic acids is 1. The molecule has 0 amide bonds. The van der Waals surface area contributed by atoms with Gasteiger partial charge in [0, 0.05) is 5.56 Å². The number of nitrogens with zero attached hydrogens (tertiary/aromatic N) is 1. The van der Waals surface area contributed by atoms with E-state index in [4.69, 9.17) is 5.11 Å². The Hall–Kier alpha value is -2.95. The third-order valence-corrected chi connectivity index (χ3v) is 3.04. The number of hydrogen-bond acceptors (Lipinski definition) is 3. The van der Waals surface area contributed by atoms with E-state index in [2.05, 4.69) is 9.97 Å². The van der Waals surface area contributed by atoms with E-state index < -0.39 is 11.7 Å². The van der Waals surface area contributed by atoms with Crippen LogP contribution in [0.25, 0.3) is 22.0 Å². The molecule has 0 saturated carbocycles. The number of nitrogens with one attached hydrogen (secondary N) is 1. The highest BCUT2D eigenvalue weighted by Gasteiger charge is 2.10. The number of H-pyrrole nitrogens is 1. The van der Waals surface area contributed by atoms with Crippen molar-refractivity contribution in [1.82, 2.24) is 9.97 Å². The van der Waals surface area contributed by atoms with Crippen molar-refractivity contribution in [3.05, 3.63) is 64.7 Å². The first kappa shape index (κ1) is 12.1. The van der Waals surface area contributed by atoms with Gasteiger partial charge < -0.3 is 5.11 Å². The Morgan fingerprint density at radius 3 is 2.65 bits per heavy atom. The molecule has 0 aliphatic carbocycles. The van der Waals surface area contributed by atoms with E-state index in [1.807, 2.05) is 42.5 Å². The molecule has 98 valence electrons. The fourth-order valence-electron chi connectivity index (χ4n) is 2.16. The van der Waals surface area contributed by atoms with Crippen LogP contribution in [0.3, 0.4) is 0 Å². The van der Waals surface area contributed by atoms with Crippen molar-refractivity contribution in [2.75, 3.05) is 0 Å². The zero-order valence-corrected chi connectivity index (χ0v) is 10.3. The molecule has 1 aromatic heterocycles. The maximum absolute atomic E-state index is 11.5. The van der Waals surface area contributed by atoms with Crippen molar-refractivity contribution in [1.29, 1.82) is 0 Å². The lowest BCUT2D eigenvalue weighted by Gasteiger charge is -2.06. The molecule has 3 rings (SSSR count). The highest BCUT2D eigenvalue weighted by molar-refractivity contribution is 5.96. The van der Waals surface area contributed by atoms with Crippen molar-refractivity contribution >= 4 is 16.7 Å². The van der Waals surface area contributed by atoms with Crippen LogP contribution >= 0.6 is 0 Å². The summed E-state index contributed by atoms with van der Waals surface area (Å²) in [7, 11) is 0. The van der Waals surface area contributed by atoms with E-state index in [0.29, 0.717) is 5.69 Å². The zero-order chi connectivity index (χ0) is 14.1. The first-order valence-electron chi connectivity index (χ1n) is 5.98. The molecule has 0 atom stereocenters. The van der Waals surface area contributed by atoms with Crippen LogP contribution in [0.1, 0.15) is 10.5 Å². The summed E-state index contributed by atoms with van der Waals surface area (Å²) in [6.45, 7) is 0. The predicted molar refractivity (Wildman–Crippen MR) is 74.8 cm³/mol. The molecule has 5 nitrogen and oxygen atoms in total. The number of aromatic carboxylic acids is 1. The van der Waals surface area contributed by atoms with Gasteiger partial charge in [-0.15, -0.1) is 0 Å². The van der Waals surface area contributed by atoms with Gasteiger partial charge in [-0.2, -0.15) is 4.98 Å². The van der Waals surface area contributed by atoms with Gasteiger partial charge in [-0.25, -0.2) is 9.59 Å². The molecule has 0 radical (unpaired) electrons. The maximum Gasteiger partial charge on any atom is 0.352 e.